The van der Waals surface area contributed by atoms with Gasteiger partial charge in [-0.25, -0.2) is 4.79 Å². The average molecular weight is 364 g/mol. The largest absolute Gasteiger partial charge is 0.493 e. The highest BCUT2D eigenvalue weighted by Crippen LogP contribution is 2.32. The van der Waals surface area contributed by atoms with Crippen molar-refractivity contribution < 1.29 is 9.15 Å². The van der Waals surface area contributed by atoms with Crippen molar-refractivity contribution in [2.24, 2.45) is 0 Å². The number of hydrogen-bond donors (Lipinski definition) is 1. The number of nitrogens with one attached hydrogen (secondary N) is 1. The lowest BCUT2D eigenvalue weighted by Crippen LogP contribution is -2.43. The van der Waals surface area contributed by atoms with Gasteiger partial charge in [-0.2, -0.15) is 0 Å². The number of fused-ring (bicyclic) bond motifs is 1. The molecule has 1 aromatic heterocycles. The summed E-state index contributed by atoms with van der Waals surface area (Å²) in [5, 5.41) is 4.30. The van der Waals surface area contributed by atoms with Crippen molar-refractivity contribution >= 4 is 16.7 Å². The fourth-order valence-electron chi connectivity index (χ4n) is 3.57. The van der Waals surface area contributed by atoms with Gasteiger partial charge < -0.3 is 19.4 Å². The van der Waals surface area contributed by atoms with Gasteiger partial charge in [-0.1, -0.05) is 30.3 Å². The highest BCUT2D eigenvalue weighted by atomic mass is 16.5. The van der Waals surface area contributed by atoms with Crippen LogP contribution in [-0.4, -0.2) is 32.8 Å². The fraction of sp³-hybridized carbons (Fsp3) is 0.318. The fourth-order valence-corrected chi connectivity index (χ4v) is 3.57. The second kappa shape index (κ2) is 7.84. The Morgan fingerprint density at radius 3 is 2.67 bits per heavy atom. The van der Waals surface area contributed by atoms with E-state index >= 15 is 0 Å². The highest BCUT2D eigenvalue weighted by Gasteiger charge is 2.17. The van der Waals surface area contributed by atoms with Crippen LogP contribution in [0.4, 0.5) is 5.69 Å². The van der Waals surface area contributed by atoms with Crippen LogP contribution in [0.25, 0.3) is 11.0 Å². The van der Waals surface area contributed by atoms with Crippen LogP contribution in [-0.2, 0) is 6.42 Å². The molecule has 0 saturated carbocycles. The predicted octanol–water partition coefficient (Wildman–Crippen LogP) is 3.13. The number of benzene rings is 2. The first-order valence-corrected chi connectivity index (χ1v) is 9.42. The standard InChI is InChI=1S/C22H24N2O3/c1-16-20(26-14-9-17-5-3-2-4-6-17)8-7-18-19(15-21(25)27-22(16)18)24-12-10-23-11-13-24/h2-8,15,23H,9-14H2,1H3. The minimum absolute atomic E-state index is 0.319. The van der Waals surface area contributed by atoms with Crippen LogP contribution in [0.1, 0.15) is 11.1 Å². The Labute approximate surface area is 158 Å². The average Bonchev–Trinajstić information content (AvgIpc) is 2.71. The van der Waals surface area contributed by atoms with Gasteiger partial charge in [0.1, 0.15) is 11.3 Å². The van der Waals surface area contributed by atoms with Crippen molar-refractivity contribution in [1.29, 1.82) is 0 Å². The van der Waals surface area contributed by atoms with E-state index in [2.05, 4.69) is 22.3 Å². The number of ether oxygens (including phenoxy) is 1. The monoisotopic (exact) mass is 364 g/mol. The maximum atomic E-state index is 12.2. The van der Waals surface area contributed by atoms with Gasteiger partial charge in [0.05, 0.1) is 12.3 Å². The first-order chi connectivity index (χ1) is 13.2. The highest BCUT2D eigenvalue weighted by molar-refractivity contribution is 5.93. The van der Waals surface area contributed by atoms with E-state index in [1.54, 1.807) is 6.07 Å². The number of piperazine rings is 1. The maximum absolute atomic E-state index is 12.2. The smallest absolute Gasteiger partial charge is 0.338 e. The van der Waals surface area contributed by atoms with Crippen molar-refractivity contribution in [3.8, 4) is 5.75 Å². The van der Waals surface area contributed by atoms with Crippen molar-refractivity contribution in [2.75, 3.05) is 37.7 Å². The molecule has 1 N–H and O–H groups in total. The Hall–Kier alpha value is -2.79. The van der Waals surface area contributed by atoms with Crippen LogP contribution in [0, 0.1) is 6.92 Å². The van der Waals surface area contributed by atoms with Gasteiger partial charge in [0, 0.05) is 49.6 Å². The van der Waals surface area contributed by atoms with Crippen LogP contribution < -0.4 is 20.6 Å². The van der Waals surface area contributed by atoms with Crippen molar-refractivity contribution in [1.82, 2.24) is 5.32 Å². The summed E-state index contributed by atoms with van der Waals surface area (Å²) in [6.45, 7) is 6.13. The third kappa shape index (κ3) is 3.83. The molecule has 1 aliphatic rings. The summed E-state index contributed by atoms with van der Waals surface area (Å²) in [6, 6.07) is 15.8. The Kier molecular flexibility index (Phi) is 5.12. The molecule has 27 heavy (non-hydrogen) atoms. The van der Waals surface area contributed by atoms with Crippen LogP contribution in [0.5, 0.6) is 5.75 Å². The molecule has 0 aliphatic carbocycles. The molecule has 4 rings (SSSR count). The topological polar surface area (TPSA) is 54.7 Å². The number of anilines is 1. The molecule has 5 heteroatoms. The summed E-state index contributed by atoms with van der Waals surface area (Å²) >= 11 is 0. The molecule has 140 valence electrons. The van der Waals surface area contributed by atoms with Crippen LogP contribution in [0.3, 0.4) is 0 Å². The summed E-state index contributed by atoms with van der Waals surface area (Å²) in [5.41, 5.74) is 3.36. The van der Waals surface area contributed by atoms with E-state index in [0.717, 1.165) is 55.0 Å². The van der Waals surface area contributed by atoms with E-state index in [-0.39, 0.29) is 5.63 Å². The van der Waals surface area contributed by atoms with E-state index in [0.29, 0.717) is 12.2 Å². The molecule has 2 heterocycles. The maximum Gasteiger partial charge on any atom is 0.338 e. The van der Waals surface area contributed by atoms with E-state index in [1.165, 1.54) is 5.56 Å². The van der Waals surface area contributed by atoms with Gasteiger partial charge in [0.2, 0.25) is 0 Å². The number of rotatable bonds is 5. The molecule has 1 fully saturated rings. The molecule has 0 spiro atoms. The van der Waals surface area contributed by atoms with Gasteiger partial charge in [-0.05, 0) is 24.6 Å². The zero-order valence-corrected chi connectivity index (χ0v) is 15.5. The molecule has 0 amide bonds. The normalized spacial score (nSPS) is 14.5. The van der Waals surface area contributed by atoms with Gasteiger partial charge >= 0.3 is 5.63 Å². The van der Waals surface area contributed by atoms with Crippen molar-refractivity contribution in [3.63, 3.8) is 0 Å². The molecular formula is C22H24N2O3. The summed E-state index contributed by atoms with van der Waals surface area (Å²) in [7, 11) is 0. The van der Waals surface area contributed by atoms with Crippen LogP contribution >= 0.6 is 0 Å². The Bertz CT molecular complexity index is 976. The zero-order valence-electron chi connectivity index (χ0n) is 15.5. The third-order valence-corrected chi connectivity index (χ3v) is 5.04. The number of hydrogen-bond acceptors (Lipinski definition) is 5. The van der Waals surface area contributed by atoms with E-state index in [4.69, 9.17) is 9.15 Å². The lowest BCUT2D eigenvalue weighted by molar-refractivity contribution is 0.319. The molecule has 0 radical (unpaired) electrons. The van der Waals surface area contributed by atoms with E-state index < -0.39 is 0 Å². The molecular weight excluding hydrogens is 340 g/mol. The second-order valence-electron chi connectivity index (χ2n) is 6.84. The molecule has 1 saturated heterocycles. The molecule has 0 bridgehead atoms. The molecule has 0 unspecified atom stereocenters. The van der Waals surface area contributed by atoms with Gasteiger partial charge in [0.25, 0.3) is 0 Å². The Balaban J connectivity index is 1.60. The predicted molar refractivity (Wildman–Crippen MR) is 108 cm³/mol. The minimum atomic E-state index is -0.319. The van der Waals surface area contributed by atoms with Gasteiger partial charge in [-0.3, -0.25) is 0 Å². The Morgan fingerprint density at radius 2 is 1.89 bits per heavy atom. The van der Waals surface area contributed by atoms with Crippen LogP contribution in [0.2, 0.25) is 0 Å². The third-order valence-electron chi connectivity index (χ3n) is 5.04. The summed E-state index contributed by atoms with van der Waals surface area (Å²) < 4.78 is 11.5. The van der Waals surface area contributed by atoms with Crippen molar-refractivity contribution in [2.45, 2.75) is 13.3 Å². The zero-order chi connectivity index (χ0) is 18.6. The quantitative estimate of drug-likeness (QED) is 0.705. The lowest BCUT2D eigenvalue weighted by atomic mass is 10.1. The lowest BCUT2D eigenvalue weighted by Gasteiger charge is -2.30. The first-order valence-electron chi connectivity index (χ1n) is 9.42. The van der Waals surface area contributed by atoms with E-state index in [9.17, 15) is 4.79 Å². The molecule has 2 aromatic carbocycles. The number of nitrogens with zero attached hydrogens (tertiary/aromatic N) is 1. The number of aryl methyl sites for hydroxylation is 1. The minimum Gasteiger partial charge on any atom is -0.493 e. The summed E-state index contributed by atoms with van der Waals surface area (Å²) in [5.74, 6) is 0.763. The van der Waals surface area contributed by atoms with Crippen LogP contribution in [0.15, 0.2) is 57.7 Å². The Morgan fingerprint density at radius 1 is 1.11 bits per heavy atom. The van der Waals surface area contributed by atoms with Crippen molar-refractivity contribution in [3.05, 3.63) is 70.1 Å². The summed E-state index contributed by atoms with van der Waals surface area (Å²) in [6.07, 6.45) is 0.836. The molecule has 5 nitrogen and oxygen atoms in total. The van der Waals surface area contributed by atoms with Gasteiger partial charge in [0.15, 0.2) is 0 Å². The van der Waals surface area contributed by atoms with E-state index in [1.807, 2.05) is 37.3 Å². The second-order valence-corrected chi connectivity index (χ2v) is 6.84. The molecule has 3 aromatic rings. The first kappa shape index (κ1) is 17.6. The molecule has 0 atom stereocenters. The summed E-state index contributed by atoms with van der Waals surface area (Å²) in [4.78, 5) is 14.4. The SMILES string of the molecule is Cc1c(OCCc2ccccc2)ccc2c(N3CCNCC3)cc(=O)oc12. The van der Waals surface area contributed by atoms with Gasteiger partial charge in [-0.15, -0.1) is 0 Å². The molecule has 1 aliphatic heterocycles.